The third kappa shape index (κ3) is 2.75. The van der Waals surface area contributed by atoms with E-state index in [0.29, 0.717) is 24.2 Å². The molecule has 0 aliphatic heterocycles. The topological polar surface area (TPSA) is 93.6 Å². The molecule has 1 aliphatic rings. The molecule has 1 saturated carbocycles. The molecule has 0 saturated heterocycles. The summed E-state index contributed by atoms with van der Waals surface area (Å²) in [5.41, 5.74) is 8.34. The summed E-state index contributed by atoms with van der Waals surface area (Å²) < 4.78 is 5.32. The second-order valence-electron chi connectivity index (χ2n) is 5.28. The number of hydrogen-bond acceptors (Lipinski definition) is 5. The summed E-state index contributed by atoms with van der Waals surface area (Å²) in [6.45, 7) is 0.524. The molecule has 1 aliphatic carbocycles. The summed E-state index contributed by atoms with van der Waals surface area (Å²) in [5.74, 6) is 2.62. The average molecular weight is 318 g/mol. The van der Waals surface area contributed by atoms with Gasteiger partial charge in [-0.1, -0.05) is 29.4 Å². The van der Waals surface area contributed by atoms with E-state index >= 15 is 0 Å². The molecule has 2 heterocycles. The second-order valence-corrected chi connectivity index (χ2v) is 5.28. The Balaban J connectivity index is 0.00000144. The molecule has 3 aromatic rings. The summed E-state index contributed by atoms with van der Waals surface area (Å²) in [6, 6.07) is 7.82. The molecule has 3 N–H and O–H groups in total. The van der Waals surface area contributed by atoms with Gasteiger partial charge in [-0.3, -0.25) is 0 Å². The maximum atomic E-state index is 5.59. The van der Waals surface area contributed by atoms with Crippen LogP contribution in [0.25, 0.3) is 23.0 Å². The number of benzene rings is 1. The van der Waals surface area contributed by atoms with Crippen molar-refractivity contribution in [1.29, 1.82) is 0 Å². The fourth-order valence-electron chi connectivity index (χ4n) is 2.25. The van der Waals surface area contributed by atoms with Gasteiger partial charge in [-0.25, -0.2) is 4.98 Å². The van der Waals surface area contributed by atoms with Crippen LogP contribution in [0.5, 0.6) is 0 Å². The highest BCUT2D eigenvalue weighted by Gasteiger charge is 2.27. The molecule has 4 rings (SSSR count). The molecule has 22 heavy (non-hydrogen) atoms. The van der Waals surface area contributed by atoms with Crippen LogP contribution in [0, 0.1) is 0 Å². The van der Waals surface area contributed by atoms with E-state index in [1.165, 1.54) is 12.8 Å². The summed E-state index contributed by atoms with van der Waals surface area (Å²) in [4.78, 5) is 12.0. The first-order valence-electron chi connectivity index (χ1n) is 7.02. The van der Waals surface area contributed by atoms with E-state index in [0.717, 1.165) is 22.6 Å². The minimum atomic E-state index is 0. The first-order chi connectivity index (χ1) is 10.3. The molecule has 0 amide bonds. The number of nitrogens with one attached hydrogen (secondary N) is 1. The van der Waals surface area contributed by atoms with E-state index in [9.17, 15) is 0 Å². The van der Waals surface area contributed by atoms with Crippen LogP contribution in [0.15, 0.2) is 35.0 Å². The van der Waals surface area contributed by atoms with E-state index in [-0.39, 0.29) is 12.4 Å². The van der Waals surface area contributed by atoms with Crippen LogP contribution in [0.1, 0.15) is 30.1 Å². The number of H-pyrrole nitrogens is 1. The molecule has 6 nitrogen and oxygen atoms in total. The number of aromatic nitrogens is 4. The molecular weight excluding hydrogens is 302 g/mol. The highest BCUT2D eigenvalue weighted by Crippen LogP contribution is 2.38. The van der Waals surface area contributed by atoms with Crippen LogP contribution in [0.4, 0.5) is 0 Å². The predicted octanol–water partition coefficient (Wildman–Crippen LogP) is 2.88. The highest BCUT2D eigenvalue weighted by molar-refractivity contribution is 5.85. The average Bonchev–Trinajstić information content (AvgIpc) is 3.07. The number of rotatable bonds is 4. The summed E-state index contributed by atoms with van der Waals surface area (Å²) in [6.07, 6.45) is 4.16. The lowest BCUT2D eigenvalue weighted by Gasteiger charge is -1.97. The van der Waals surface area contributed by atoms with Crippen LogP contribution in [-0.4, -0.2) is 20.1 Å². The minimum Gasteiger partial charge on any atom is -0.338 e. The van der Waals surface area contributed by atoms with Gasteiger partial charge in [0, 0.05) is 18.0 Å². The minimum absolute atomic E-state index is 0. The highest BCUT2D eigenvalue weighted by atomic mass is 35.5. The largest absolute Gasteiger partial charge is 0.338 e. The molecule has 0 radical (unpaired) electrons. The van der Waals surface area contributed by atoms with Crippen molar-refractivity contribution in [3.63, 3.8) is 0 Å². The molecular formula is C15H16ClN5O. The van der Waals surface area contributed by atoms with Crippen molar-refractivity contribution in [2.45, 2.75) is 25.3 Å². The maximum absolute atomic E-state index is 5.59. The van der Waals surface area contributed by atoms with Crippen molar-refractivity contribution in [3.8, 4) is 23.0 Å². The zero-order valence-corrected chi connectivity index (χ0v) is 12.6. The lowest BCUT2D eigenvalue weighted by Crippen LogP contribution is -1.95. The lowest BCUT2D eigenvalue weighted by molar-refractivity contribution is 0.431. The Kier molecular flexibility index (Phi) is 3.96. The van der Waals surface area contributed by atoms with E-state index in [2.05, 4.69) is 20.1 Å². The Morgan fingerprint density at radius 3 is 2.68 bits per heavy atom. The Morgan fingerprint density at radius 1 is 1.23 bits per heavy atom. The summed E-state index contributed by atoms with van der Waals surface area (Å²) in [5, 5.41) is 4.02. The first-order valence-corrected chi connectivity index (χ1v) is 7.02. The normalized spacial score (nSPS) is 13.9. The van der Waals surface area contributed by atoms with Crippen LogP contribution in [0.2, 0.25) is 0 Å². The third-order valence-corrected chi connectivity index (χ3v) is 3.66. The second kappa shape index (κ2) is 5.90. The van der Waals surface area contributed by atoms with Crippen LogP contribution >= 0.6 is 12.4 Å². The van der Waals surface area contributed by atoms with Crippen LogP contribution < -0.4 is 5.73 Å². The van der Waals surface area contributed by atoms with Gasteiger partial charge in [0.2, 0.25) is 5.82 Å². The molecule has 0 unspecified atom stereocenters. The molecule has 114 valence electrons. The van der Waals surface area contributed by atoms with Crippen LogP contribution in [0.3, 0.4) is 0 Å². The SMILES string of the molecule is Cl.NCc1ccc(-c2noc(-c3cnc(C4CC4)[nH]3)n2)cc1. The first kappa shape index (κ1) is 14.7. The number of nitrogens with two attached hydrogens (primary N) is 1. The summed E-state index contributed by atoms with van der Waals surface area (Å²) in [7, 11) is 0. The van der Waals surface area contributed by atoms with Crippen molar-refractivity contribution < 1.29 is 4.52 Å². The summed E-state index contributed by atoms with van der Waals surface area (Å²) >= 11 is 0. The van der Waals surface area contributed by atoms with Crippen molar-refractivity contribution in [2.75, 3.05) is 0 Å². The van der Waals surface area contributed by atoms with Gasteiger partial charge in [0.1, 0.15) is 11.5 Å². The van der Waals surface area contributed by atoms with Gasteiger partial charge in [0.25, 0.3) is 5.89 Å². The Bertz CT molecular complexity index is 760. The molecule has 2 aromatic heterocycles. The zero-order chi connectivity index (χ0) is 14.2. The van der Waals surface area contributed by atoms with Gasteiger partial charge < -0.3 is 15.2 Å². The smallest absolute Gasteiger partial charge is 0.276 e. The number of aromatic amines is 1. The Labute approximate surface area is 133 Å². The van der Waals surface area contributed by atoms with Gasteiger partial charge in [0.05, 0.1) is 6.20 Å². The van der Waals surface area contributed by atoms with Crippen molar-refractivity contribution in [3.05, 3.63) is 41.9 Å². The molecule has 7 heteroatoms. The van der Waals surface area contributed by atoms with Crippen molar-refractivity contribution >= 4 is 12.4 Å². The Morgan fingerprint density at radius 2 is 2.00 bits per heavy atom. The van der Waals surface area contributed by atoms with Gasteiger partial charge in [-0.15, -0.1) is 12.4 Å². The van der Waals surface area contributed by atoms with Crippen LogP contribution in [-0.2, 0) is 6.54 Å². The number of imidazole rings is 1. The van der Waals surface area contributed by atoms with Gasteiger partial charge in [-0.2, -0.15) is 4.98 Å². The van der Waals surface area contributed by atoms with E-state index in [1.54, 1.807) is 6.20 Å². The van der Waals surface area contributed by atoms with Gasteiger partial charge >= 0.3 is 0 Å². The molecule has 0 atom stereocenters. The van der Waals surface area contributed by atoms with E-state index in [4.69, 9.17) is 10.3 Å². The number of nitrogens with zero attached hydrogens (tertiary/aromatic N) is 3. The monoisotopic (exact) mass is 317 g/mol. The zero-order valence-electron chi connectivity index (χ0n) is 11.8. The number of halogens is 1. The fourth-order valence-corrected chi connectivity index (χ4v) is 2.25. The molecule has 1 aromatic carbocycles. The predicted molar refractivity (Wildman–Crippen MR) is 84.4 cm³/mol. The molecule has 1 fully saturated rings. The third-order valence-electron chi connectivity index (χ3n) is 3.66. The van der Waals surface area contributed by atoms with Crippen molar-refractivity contribution in [2.24, 2.45) is 5.73 Å². The van der Waals surface area contributed by atoms with E-state index in [1.807, 2.05) is 24.3 Å². The lowest BCUT2D eigenvalue weighted by atomic mass is 10.1. The maximum Gasteiger partial charge on any atom is 0.276 e. The molecule has 0 bridgehead atoms. The van der Waals surface area contributed by atoms with Gasteiger partial charge in [-0.05, 0) is 18.4 Å². The number of hydrogen-bond donors (Lipinski definition) is 2. The van der Waals surface area contributed by atoms with E-state index < -0.39 is 0 Å². The standard InChI is InChI=1S/C15H15N5O.ClH/c16-7-9-1-3-11(4-2-9)14-19-15(21-20-14)12-8-17-13(18-12)10-5-6-10;/h1-4,8,10H,5-7,16H2,(H,17,18);1H. The quantitative estimate of drug-likeness (QED) is 0.771. The molecule has 0 spiro atoms. The van der Waals surface area contributed by atoms with Crippen molar-refractivity contribution in [1.82, 2.24) is 20.1 Å². The fraction of sp³-hybridized carbons (Fsp3) is 0.267. The Hall–Kier alpha value is -2.18. The van der Waals surface area contributed by atoms with Gasteiger partial charge in [0.15, 0.2) is 0 Å².